The number of amides is 1. The summed E-state index contributed by atoms with van der Waals surface area (Å²) < 4.78 is 5.19. The standard InChI is InChI=1S/C14H20N2O3.ClH/c17-12(13-2-1-9-19-13)10-15-5-7-16(8-6-15)14(18)11-3-4-11;/h1-2,9,11-12,17H,3-8,10H2;1H. The lowest BCUT2D eigenvalue weighted by atomic mass is 10.2. The summed E-state index contributed by atoms with van der Waals surface area (Å²) >= 11 is 0. The fraction of sp³-hybridized carbons (Fsp3) is 0.643. The maximum absolute atomic E-state index is 11.9. The quantitative estimate of drug-likeness (QED) is 0.910. The summed E-state index contributed by atoms with van der Waals surface area (Å²) in [5.74, 6) is 1.24. The first-order chi connectivity index (χ1) is 9.24. The highest BCUT2D eigenvalue weighted by Crippen LogP contribution is 2.31. The molecule has 0 radical (unpaired) electrons. The van der Waals surface area contributed by atoms with Crippen molar-refractivity contribution < 1.29 is 14.3 Å². The van der Waals surface area contributed by atoms with Crippen LogP contribution < -0.4 is 0 Å². The van der Waals surface area contributed by atoms with Crippen LogP contribution >= 0.6 is 12.4 Å². The Hall–Kier alpha value is -1.04. The molecule has 2 heterocycles. The van der Waals surface area contributed by atoms with Crippen molar-refractivity contribution in [1.82, 2.24) is 9.80 Å². The van der Waals surface area contributed by atoms with Crippen molar-refractivity contribution in [1.29, 1.82) is 0 Å². The fourth-order valence-corrected chi connectivity index (χ4v) is 2.55. The van der Waals surface area contributed by atoms with Crippen molar-refractivity contribution in [3.05, 3.63) is 24.2 Å². The van der Waals surface area contributed by atoms with Crippen molar-refractivity contribution in [3.63, 3.8) is 0 Å². The Bertz CT molecular complexity index is 426. The zero-order chi connectivity index (χ0) is 13.2. The van der Waals surface area contributed by atoms with Crippen LogP contribution in [0, 0.1) is 5.92 Å². The number of hydrogen-bond donors (Lipinski definition) is 1. The van der Waals surface area contributed by atoms with Gasteiger partial charge in [0.05, 0.1) is 6.26 Å². The van der Waals surface area contributed by atoms with Crippen molar-refractivity contribution in [2.24, 2.45) is 5.92 Å². The van der Waals surface area contributed by atoms with Gasteiger partial charge in [0.2, 0.25) is 5.91 Å². The Morgan fingerprint density at radius 1 is 1.35 bits per heavy atom. The molecule has 0 aromatic carbocycles. The minimum Gasteiger partial charge on any atom is -0.467 e. The van der Waals surface area contributed by atoms with Gasteiger partial charge in [-0.1, -0.05) is 0 Å². The summed E-state index contributed by atoms with van der Waals surface area (Å²) in [7, 11) is 0. The van der Waals surface area contributed by atoms with E-state index in [9.17, 15) is 9.90 Å². The smallest absolute Gasteiger partial charge is 0.225 e. The van der Waals surface area contributed by atoms with Crippen LogP contribution in [0.2, 0.25) is 0 Å². The van der Waals surface area contributed by atoms with Gasteiger partial charge in [0.1, 0.15) is 11.9 Å². The number of rotatable bonds is 4. The normalized spacial score (nSPS) is 21.4. The van der Waals surface area contributed by atoms with Gasteiger partial charge in [-0.05, 0) is 25.0 Å². The second-order valence-electron chi connectivity index (χ2n) is 5.43. The molecule has 1 aromatic heterocycles. The average Bonchev–Trinajstić information content (AvgIpc) is 3.13. The highest BCUT2D eigenvalue weighted by Gasteiger charge is 2.34. The van der Waals surface area contributed by atoms with E-state index in [1.807, 2.05) is 4.90 Å². The van der Waals surface area contributed by atoms with Crippen LogP contribution in [-0.4, -0.2) is 53.5 Å². The third-order valence-corrected chi connectivity index (χ3v) is 3.91. The summed E-state index contributed by atoms with van der Waals surface area (Å²) in [6, 6.07) is 3.57. The Balaban J connectivity index is 0.00000147. The van der Waals surface area contributed by atoms with Crippen LogP contribution in [0.4, 0.5) is 0 Å². The van der Waals surface area contributed by atoms with Crippen molar-refractivity contribution >= 4 is 18.3 Å². The molecule has 1 amide bonds. The van der Waals surface area contributed by atoms with E-state index in [4.69, 9.17) is 4.42 Å². The summed E-state index contributed by atoms with van der Waals surface area (Å²) in [5, 5.41) is 10.0. The van der Waals surface area contributed by atoms with Crippen LogP contribution in [0.3, 0.4) is 0 Å². The third kappa shape index (κ3) is 3.53. The van der Waals surface area contributed by atoms with Crippen molar-refractivity contribution in [2.75, 3.05) is 32.7 Å². The van der Waals surface area contributed by atoms with Gasteiger partial charge >= 0.3 is 0 Å². The van der Waals surface area contributed by atoms with Gasteiger partial charge in [-0.15, -0.1) is 12.4 Å². The molecule has 1 saturated heterocycles. The molecule has 1 N–H and O–H groups in total. The molecule has 1 aliphatic heterocycles. The summed E-state index contributed by atoms with van der Waals surface area (Å²) in [4.78, 5) is 16.1. The van der Waals surface area contributed by atoms with E-state index in [0.29, 0.717) is 24.1 Å². The van der Waals surface area contributed by atoms with Gasteiger partial charge in [0.25, 0.3) is 0 Å². The average molecular weight is 301 g/mol. The SMILES string of the molecule is Cl.O=C(C1CC1)N1CCN(CC(O)c2ccco2)CC1. The molecular formula is C14H21ClN2O3. The van der Waals surface area contributed by atoms with Crippen molar-refractivity contribution in [2.45, 2.75) is 18.9 Å². The molecule has 1 unspecified atom stereocenters. The summed E-state index contributed by atoms with van der Waals surface area (Å²) in [6.07, 6.45) is 3.12. The number of carbonyl (C=O) groups is 1. The van der Waals surface area contributed by atoms with Gasteiger partial charge in [-0.2, -0.15) is 0 Å². The number of furan rings is 1. The Labute approximate surface area is 124 Å². The van der Waals surface area contributed by atoms with E-state index < -0.39 is 6.10 Å². The number of aliphatic hydroxyl groups is 1. The monoisotopic (exact) mass is 300 g/mol. The molecule has 5 nitrogen and oxygen atoms in total. The summed E-state index contributed by atoms with van der Waals surface area (Å²) in [6.45, 7) is 3.78. The van der Waals surface area contributed by atoms with Gasteiger partial charge in [0.15, 0.2) is 0 Å². The maximum atomic E-state index is 11.9. The first kappa shape index (κ1) is 15.4. The van der Waals surface area contributed by atoms with Gasteiger partial charge in [-0.3, -0.25) is 9.69 Å². The molecule has 0 spiro atoms. The molecule has 1 saturated carbocycles. The van der Waals surface area contributed by atoms with Crippen molar-refractivity contribution in [3.8, 4) is 0 Å². The molecule has 1 atom stereocenters. The van der Waals surface area contributed by atoms with Crippen LogP contribution in [0.1, 0.15) is 24.7 Å². The maximum Gasteiger partial charge on any atom is 0.225 e. The van der Waals surface area contributed by atoms with E-state index in [2.05, 4.69) is 4.90 Å². The number of β-amino-alcohol motifs (C(OH)–C–C–N with tert-alkyl or cyclic N) is 1. The third-order valence-electron chi connectivity index (χ3n) is 3.91. The van der Waals surface area contributed by atoms with E-state index in [1.165, 1.54) is 0 Å². The molecule has 1 aromatic rings. The van der Waals surface area contributed by atoms with Gasteiger partial charge in [-0.25, -0.2) is 0 Å². The van der Waals surface area contributed by atoms with E-state index >= 15 is 0 Å². The molecular weight excluding hydrogens is 280 g/mol. The molecule has 6 heteroatoms. The predicted octanol–water partition coefficient (Wildman–Crippen LogP) is 1.29. The lowest BCUT2D eigenvalue weighted by molar-refractivity contribution is -0.134. The predicted molar refractivity (Wildman–Crippen MR) is 76.7 cm³/mol. The molecule has 2 fully saturated rings. The second-order valence-corrected chi connectivity index (χ2v) is 5.43. The van der Waals surface area contributed by atoms with Crippen LogP contribution in [0.25, 0.3) is 0 Å². The van der Waals surface area contributed by atoms with Gasteiger partial charge in [0, 0.05) is 38.6 Å². The van der Waals surface area contributed by atoms with E-state index in [-0.39, 0.29) is 12.4 Å². The van der Waals surface area contributed by atoms with E-state index in [0.717, 1.165) is 39.0 Å². The first-order valence-electron chi connectivity index (χ1n) is 6.96. The lowest BCUT2D eigenvalue weighted by Crippen LogP contribution is -2.50. The number of aliphatic hydroxyl groups excluding tert-OH is 1. The Kier molecular flexibility index (Phi) is 5.07. The molecule has 2 aliphatic rings. The number of halogens is 1. The minimum atomic E-state index is -0.583. The fourth-order valence-electron chi connectivity index (χ4n) is 2.55. The lowest BCUT2D eigenvalue weighted by Gasteiger charge is -2.35. The molecule has 3 rings (SSSR count). The minimum absolute atomic E-state index is 0. The Morgan fingerprint density at radius 3 is 2.60 bits per heavy atom. The topological polar surface area (TPSA) is 56.9 Å². The molecule has 20 heavy (non-hydrogen) atoms. The second kappa shape index (κ2) is 6.61. The van der Waals surface area contributed by atoms with Crippen LogP contribution in [0.5, 0.6) is 0 Å². The summed E-state index contributed by atoms with van der Waals surface area (Å²) in [5.41, 5.74) is 0. The number of piperazine rings is 1. The molecule has 112 valence electrons. The number of nitrogens with zero attached hydrogens (tertiary/aromatic N) is 2. The highest BCUT2D eigenvalue weighted by molar-refractivity contribution is 5.85. The molecule has 0 bridgehead atoms. The number of hydrogen-bond acceptors (Lipinski definition) is 4. The highest BCUT2D eigenvalue weighted by atomic mass is 35.5. The first-order valence-corrected chi connectivity index (χ1v) is 6.96. The largest absolute Gasteiger partial charge is 0.467 e. The van der Waals surface area contributed by atoms with E-state index in [1.54, 1.807) is 18.4 Å². The molecule has 1 aliphatic carbocycles. The number of carbonyl (C=O) groups excluding carboxylic acids is 1. The zero-order valence-electron chi connectivity index (χ0n) is 11.4. The van der Waals surface area contributed by atoms with Crippen LogP contribution in [0.15, 0.2) is 22.8 Å². The zero-order valence-corrected chi connectivity index (χ0v) is 12.2. The van der Waals surface area contributed by atoms with Gasteiger partial charge < -0.3 is 14.4 Å². The Morgan fingerprint density at radius 2 is 2.05 bits per heavy atom. The van der Waals surface area contributed by atoms with Crippen LogP contribution in [-0.2, 0) is 4.79 Å².